The molecule has 3 heterocycles. The van der Waals surface area contributed by atoms with E-state index in [2.05, 4.69) is 4.90 Å². The van der Waals surface area contributed by atoms with Crippen LogP contribution in [0.1, 0.15) is 42.2 Å². The number of morpholine rings is 1. The Kier molecular flexibility index (Phi) is 8.61. The van der Waals surface area contributed by atoms with Crippen molar-refractivity contribution in [2.24, 2.45) is 11.0 Å². The maximum absolute atomic E-state index is 13.9. The zero-order valence-corrected chi connectivity index (χ0v) is 23.0. The molecule has 0 N–H and O–H groups in total. The largest absolute Gasteiger partial charge is 0.493 e. The Hall–Kier alpha value is -2.95. The third kappa shape index (κ3) is 5.87. The van der Waals surface area contributed by atoms with Gasteiger partial charge in [-0.2, -0.15) is 5.10 Å². The van der Waals surface area contributed by atoms with E-state index in [0.29, 0.717) is 37.7 Å². The van der Waals surface area contributed by atoms with Crippen LogP contribution in [0.25, 0.3) is 0 Å². The molecule has 0 bridgehead atoms. The Balaban J connectivity index is 1.37. The summed E-state index contributed by atoms with van der Waals surface area (Å²) in [6, 6.07) is 9.44. The molecule has 3 aliphatic rings. The van der Waals surface area contributed by atoms with E-state index in [1.54, 1.807) is 35.5 Å². The lowest BCUT2D eigenvalue weighted by atomic mass is 9.84. The first kappa shape index (κ1) is 26.6. The van der Waals surface area contributed by atoms with Crippen molar-refractivity contribution < 1.29 is 23.8 Å². The second-order valence-electron chi connectivity index (χ2n) is 9.94. The van der Waals surface area contributed by atoms with Crippen molar-refractivity contribution in [3.8, 4) is 11.5 Å². The summed E-state index contributed by atoms with van der Waals surface area (Å²) in [6.45, 7) is 4.38. The monoisotopic (exact) mass is 540 g/mol. The number of amides is 2. The van der Waals surface area contributed by atoms with Gasteiger partial charge in [0.2, 0.25) is 5.91 Å². The van der Waals surface area contributed by atoms with Crippen molar-refractivity contribution in [3.05, 3.63) is 46.2 Å². The average Bonchev–Trinajstić information content (AvgIpc) is 3.60. The molecule has 1 atom stereocenters. The summed E-state index contributed by atoms with van der Waals surface area (Å²) in [4.78, 5) is 32.3. The minimum atomic E-state index is -0.292. The lowest BCUT2D eigenvalue weighted by molar-refractivity contribution is -0.145. The fraction of sp³-hybridized carbons (Fsp3) is 0.536. The van der Waals surface area contributed by atoms with Gasteiger partial charge in [-0.05, 0) is 42.0 Å². The Labute approximate surface area is 227 Å². The molecule has 5 rings (SSSR count). The summed E-state index contributed by atoms with van der Waals surface area (Å²) in [5.41, 5.74) is 1.79. The molecule has 204 valence electrons. The van der Waals surface area contributed by atoms with E-state index in [1.807, 2.05) is 35.7 Å². The number of methoxy groups -OCH3 is 2. The van der Waals surface area contributed by atoms with Crippen molar-refractivity contribution in [3.63, 3.8) is 0 Å². The third-order valence-corrected chi connectivity index (χ3v) is 8.56. The van der Waals surface area contributed by atoms with Gasteiger partial charge in [0.25, 0.3) is 5.91 Å². The Morgan fingerprint density at radius 3 is 2.58 bits per heavy atom. The zero-order chi connectivity index (χ0) is 26.5. The van der Waals surface area contributed by atoms with Crippen molar-refractivity contribution in [2.75, 3.05) is 60.2 Å². The van der Waals surface area contributed by atoms with E-state index in [-0.39, 0.29) is 30.3 Å². The van der Waals surface area contributed by atoms with Crippen molar-refractivity contribution >= 4 is 28.9 Å². The molecule has 0 spiro atoms. The summed E-state index contributed by atoms with van der Waals surface area (Å²) in [6.07, 6.45) is 3.47. The number of carbonyl (C=O) groups is 2. The number of benzene rings is 1. The van der Waals surface area contributed by atoms with Crippen molar-refractivity contribution in [1.29, 1.82) is 0 Å². The number of rotatable bonds is 10. The fourth-order valence-corrected chi connectivity index (χ4v) is 5.88. The van der Waals surface area contributed by atoms with E-state index in [0.717, 1.165) is 55.0 Å². The van der Waals surface area contributed by atoms with Crippen LogP contribution in [-0.4, -0.2) is 92.5 Å². The van der Waals surface area contributed by atoms with Crippen LogP contribution in [0.5, 0.6) is 11.5 Å². The molecule has 2 aromatic rings. The van der Waals surface area contributed by atoms with Gasteiger partial charge in [0, 0.05) is 38.5 Å². The van der Waals surface area contributed by atoms with E-state index in [4.69, 9.17) is 19.3 Å². The standard InChI is InChI=1S/C28H36N4O5S/c1-35-24-9-8-21(17-25(24)36-2)23-18-22(26-7-4-16-38-26)29-32(23)27(33)19-31(28(34)20-5-3-6-20)11-10-30-12-14-37-15-13-30/h4,7-9,16-17,20,23H,3,5-6,10-15,18-19H2,1-2H3. The number of hydrogen-bond acceptors (Lipinski definition) is 8. The third-order valence-electron chi connectivity index (χ3n) is 7.65. The van der Waals surface area contributed by atoms with Crippen LogP contribution in [0, 0.1) is 5.92 Å². The first-order valence-corrected chi connectivity index (χ1v) is 14.2. The number of nitrogens with zero attached hydrogens (tertiary/aromatic N) is 4. The summed E-state index contributed by atoms with van der Waals surface area (Å²) in [5.74, 6) is 1.17. The highest BCUT2D eigenvalue weighted by Crippen LogP contribution is 2.38. The van der Waals surface area contributed by atoms with E-state index in [1.165, 1.54) is 0 Å². The number of ether oxygens (including phenoxy) is 3. The van der Waals surface area contributed by atoms with Gasteiger partial charge in [-0.3, -0.25) is 14.5 Å². The Morgan fingerprint density at radius 2 is 1.92 bits per heavy atom. The first-order valence-electron chi connectivity index (χ1n) is 13.3. The first-order chi connectivity index (χ1) is 18.6. The molecule has 2 amide bonds. The predicted octanol–water partition coefficient (Wildman–Crippen LogP) is 3.40. The van der Waals surface area contributed by atoms with Crippen LogP contribution in [0.4, 0.5) is 0 Å². The second-order valence-corrected chi connectivity index (χ2v) is 10.9. The van der Waals surface area contributed by atoms with Gasteiger partial charge in [-0.1, -0.05) is 18.6 Å². The van der Waals surface area contributed by atoms with Crippen LogP contribution >= 0.6 is 11.3 Å². The van der Waals surface area contributed by atoms with Gasteiger partial charge in [-0.25, -0.2) is 5.01 Å². The number of hydrazone groups is 1. The van der Waals surface area contributed by atoms with Crippen LogP contribution in [0.2, 0.25) is 0 Å². The number of carbonyl (C=O) groups excluding carboxylic acids is 2. The molecule has 1 saturated carbocycles. The van der Waals surface area contributed by atoms with Crippen LogP contribution in [-0.2, 0) is 14.3 Å². The Morgan fingerprint density at radius 1 is 1.13 bits per heavy atom. The maximum Gasteiger partial charge on any atom is 0.262 e. The molecule has 1 unspecified atom stereocenters. The molecule has 2 fully saturated rings. The van der Waals surface area contributed by atoms with Gasteiger partial charge in [-0.15, -0.1) is 11.3 Å². The van der Waals surface area contributed by atoms with Gasteiger partial charge in [0.15, 0.2) is 11.5 Å². The van der Waals surface area contributed by atoms with E-state index >= 15 is 0 Å². The van der Waals surface area contributed by atoms with Gasteiger partial charge >= 0.3 is 0 Å². The number of thiophene rings is 1. The Bertz CT molecular complexity index is 1140. The molecule has 0 radical (unpaired) electrons. The molecular weight excluding hydrogens is 504 g/mol. The van der Waals surface area contributed by atoms with Crippen molar-refractivity contribution in [1.82, 2.24) is 14.8 Å². The maximum atomic E-state index is 13.9. The smallest absolute Gasteiger partial charge is 0.262 e. The molecule has 1 aromatic carbocycles. The summed E-state index contributed by atoms with van der Waals surface area (Å²) < 4.78 is 16.4. The van der Waals surface area contributed by atoms with E-state index < -0.39 is 0 Å². The van der Waals surface area contributed by atoms with Gasteiger partial charge in [0.05, 0.1) is 44.1 Å². The SMILES string of the molecule is COc1ccc(C2CC(c3cccs3)=NN2C(=O)CN(CCN2CCOCC2)C(=O)C2CCC2)cc1OC. The van der Waals surface area contributed by atoms with Crippen LogP contribution in [0.15, 0.2) is 40.8 Å². The van der Waals surface area contributed by atoms with E-state index in [9.17, 15) is 9.59 Å². The van der Waals surface area contributed by atoms with Crippen molar-refractivity contribution in [2.45, 2.75) is 31.7 Å². The van der Waals surface area contributed by atoms with Gasteiger partial charge < -0.3 is 19.1 Å². The minimum absolute atomic E-state index is 0.0185. The molecule has 38 heavy (non-hydrogen) atoms. The lowest BCUT2D eigenvalue weighted by Gasteiger charge is -2.34. The topological polar surface area (TPSA) is 83.9 Å². The summed E-state index contributed by atoms with van der Waals surface area (Å²) >= 11 is 1.61. The normalized spacial score (nSPS) is 20.1. The van der Waals surface area contributed by atoms with Gasteiger partial charge in [0.1, 0.15) is 6.54 Å². The lowest BCUT2D eigenvalue weighted by Crippen LogP contribution is -2.49. The molecule has 1 saturated heterocycles. The van der Waals surface area contributed by atoms with Crippen LogP contribution in [0.3, 0.4) is 0 Å². The fourth-order valence-electron chi connectivity index (χ4n) is 5.15. The second kappa shape index (κ2) is 12.3. The molecule has 9 nitrogen and oxygen atoms in total. The number of hydrogen-bond donors (Lipinski definition) is 0. The zero-order valence-electron chi connectivity index (χ0n) is 22.1. The molecular formula is C28H36N4O5S. The molecule has 2 aliphatic heterocycles. The molecule has 10 heteroatoms. The predicted molar refractivity (Wildman–Crippen MR) is 146 cm³/mol. The summed E-state index contributed by atoms with van der Waals surface area (Å²) in [5, 5.41) is 8.39. The highest BCUT2D eigenvalue weighted by Gasteiger charge is 2.37. The summed E-state index contributed by atoms with van der Waals surface area (Å²) in [7, 11) is 3.21. The van der Waals surface area contributed by atoms with Crippen LogP contribution < -0.4 is 9.47 Å². The molecule has 1 aliphatic carbocycles. The average molecular weight is 541 g/mol. The highest BCUT2D eigenvalue weighted by molar-refractivity contribution is 7.12. The quantitative estimate of drug-likeness (QED) is 0.459. The minimum Gasteiger partial charge on any atom is -0.493 e. The highest BCUT2D eigenvalue weighted by atomic mass is 32.1. The molecule has 1 aromatic heterocycles.